The van der Waals surface area contributed by atoms with E-state index in [0.29, 0.717) is 0 Å². The van der Waals surface area contributed by atoms with Crippen molar-refractivity contribution < 1.29 is 28.5 Å². The minimum Gasteiger partial charge on any atom is -1.00 e. The second-order valence-electron chi connectivity index (χ2n) is 4.57. The zero-order valence-corrected chi connectivity index (χ0v) is 10.2. The molecule has 1 aliphatic heterocycles. The van der Waals surface area contributed by atoms with Crippen molar-refractivity contribution in [3.05, 3.63) is 0 Å². The molecular weight excluding hydrogens is 261 g/mol. The van der Waals surface area contributed by atoms with E-state index in [2.05, 4.69) is 7.05 Å². The Bertz CT molecular complexity index is 135. The van der Waals surface area contributed by atoms with Crippen molar-refractivity contribution in [2.45, 2.75) is 44.6 Å². The summed E-state index contributed by atoms with van der Waals surface area (Å²) in [5, 5.41) is 0. The molecule has 0 radical (unpaired) electrons. The quantitative estimate of drug-likeness (QED) is 0.435. The van der Waals surface area contributed by atoms with Gasteiger partial charge in [0.1, 0.15) is 0 Å². The van der Waals surface area contributed by atoms with Gasteiger partial charge in [0, 0.05) is 12.8 Å². The Kier molecular flexibility index (Phi) is 3.83. The Hall–Kier alpha value is 0.690. The number of hydrogen-bond donors (Lipinski definition) is 0. The van der Waals surface area contributed by atoms with E-state index < -0.39 is 0 Å². The molecule has 2 rings (SSSR count). The van der Waals surface area contributed by atoms with Gasteiger partial charge in [0.15, 0.2) is 0 Å². The Morgan fingerprint density at radius 1 is 0.917 bits per heavy atom. The van der Waals surface area contributed by atoms with Crippen LogP contribution in [0, 0.1) is 0 Å². The van der Waals surface area contributed by atoms with Gasteiger partial charge in [-0.05, 0) is 25.7 Å². The van der Waals surface area contributed by atoms with Crippen molar-refractivity contribution in [3.63, 3.8) is 0 Å². The van der Waals surface area contributed by atoms with Crippen LogP contribution in [0.1, 0.15) is 38.5 Å². The van der Waals surface area contributed by atoms with Crippen molar-refractivity contribution in [1.29, 1.82) is 0 Å². The molecule has 0 aromatic heterocycles. The van der Waals surface area contributed by atoms with Crippen LogP contribution >= 0.6 is 0 Å². The average Bonchev–Trinajstić information content (AvgIpc) is 2.55. The first-order chi connectivity index (χ1) is 5.31. The molecular formula is C10H20IN. The number of nitrogens with zero attached hydrogens (tertiary/aromatic N) is 1. The van der Waals surface area contributed by atoms with Crippen LogP contribution in [-0.2, 0) is 0 Å². The molecule has 0 unspecified atom stereocenters. The average molecular weight is 281 g/mol. The lowest BCUT2D eigenvalue weighted by atomic mass is 10.2. The van der Waals surface area contributed by atoms with E-state index in [9.17, 15) is 0 Å². The topological polar surface area (TPSA) is 0 Å². The molecule has 0 aromatic rings. The molecule has 0 bridgehead atoms. The molecule has 0 N–H and O–H groups in total. The van der Waals surface area contributed by atoms with Crippen molar-refractivity contribution in [2.24, 2.45) is 0 Å². The largest absolute Gasteiger partial charge is 1.00 e. The standard InChI is InChI=1S/C10H20N.HI/c1-11(8-4-5-9-11)10-6-2-3-7-10;/h10H,2-9H2,1H3;1H/q+1;/p-1. The second kappa shape index (κ2) is 4.27. The molecule has 1 saturated carbocycles. The summed E-state index contributed by atoms with van der Waals surface area (Å²) >= 11 is 0. The predicted octanol–water partition coefficient (Wildman–Crippen LogP) is -0.827. The molecule has 1 heterocycles. The Morgan fingerprint density at radius 2 is 1.42 bits per heavy atom. The maximum Gasteiger partial charge on any atom is 0.0888 e. The molecule has 1 saturated heterocycles. The van der Waals surface area contributed by atoms with Gasteiger partial charge in [-0.3, -0.25) is 0 Å². The Morgan fingerprint density at radius 3 is 1.92 bits per heavy atom. The van der Waals surface area contributed by atoms with Crippen LogP contribution in [0.2, 0.25) is 0 Å². The van der Waals surface area contributed by atoms with Gasteiger partial charge in [-0.1, -0.05) is 0 Å². The van der Waals surface area contributed by atoms with Gasteiger partial charge in [-0.25, -0.2) is 0 Å². The van der Waals surface area contributed by atoms with Crippen molar-refractivity contribution >= 4 is 0 Å². The third-order valence-electron chi connectivity index (χ3n) is 3.79. The highest BCUT2D eigenvalue weighted by molar-refractivity contribution is 4.70. The fraction of sp³-hybridized carbons (Fsp3) is 1.00. The van der Waals surface area contributed by atoms with Gasteiger partial charge in [0.25, 0.3) is 0 Å². The van der Waals surface area contributed by atoms with Crippen molar-refractivity contribution in [1.82, 2.24) is 0 Å². The first kappa shape index (κ1) is 10.8. The van der Waals surface area contributed by atoms with Crippen LogP contribution in [0.4, 0.5) is 0 Å². The molecule has 2 aliphatic rings. The van der Waals surface area contributed by atoms with Crippen molar-refractivity contribution in [2.75, 3.05) is 20.1 Å². The first-order valence-corrected chi connectivity index (χ1v) is 5.15. The molecule has 2 heteroatoms. The Labute approximate surface area is 93.1 Å². The number of rotatable bonds is 1. The van der Waals surface area contributed by atoms with E-state index in [1.807, 2.05) is 0 Å². The van der Waals surface area contributed by atoms with Gasteiger partial charge in [-0.2, -0.15) is 0 Å². The molecule has 0 aromatic carbocycles. The first-order valence-electron chi connectivity index (χ1n) is 5.15. The smallest absolute Gasteiger partial charge is 0.0888 e. The SMILES string of the molecule is C[N+]1(C2CCCC2)CCCC1.[I-]. The van der Waals surface area contributed by atoms with E-state index in [1.54, 1.807) is 0 Å². The summed E-state index contributed by atoms with van der Waals surface area (Å²) < 4.78 is 1.42. The normalized spacial score (nSPS) is 28.8. The summed E-state index contributed by atoms with van der Waals surface area (Å²) in [5.74, 6) is 0. The minimum absolute atomic E-state index is 0. The van der Waals surface area contributed by atoms with E-state index in [-0.39, 0.29) is 24.0 Å². The second-order valence-corrected chi connectivity index (χ2v) is 4.57. The molecule has 2 fully saturated rings. The summed E-state index contributed by atoms with van der Waals surface area (Å²) in [6, 6.07) is 1.04. The van der Waals surface area contributed by atoms with E-state index in [0.717, 1.165) is 6.04 Å². The molecule has 1 nitrogen and oxygen atoms in total. The predicted molar refractivity (Wildman–Crippen MR) is 47.4 cm³/mol. The number of quaternary nitrogens is 1. The van der Waals surface area contributed by atoms with Gasteiger partial charge >= 0.3 is 0 Å². The highest BCUT2D eigenvalue weighted by Gasteiger charge is 2.36. The lowest BCUT2D eigenvalue weighted by Gasteiger charge is -2.35. The maximum atomic E-state index is 2.48. The number of hydrogen-bond acceptors (Lipinski definition) is 0. The van der Waals surface area contributed by atoms with E-state index in [1.165, 1.54) is 56.1 Å². The minimum atomic E-state index is 0. The molecule has 0 spiro atoms. The molecule has 0 amide bonds. The summed E-state index contributed by atoms with van der Waals surface area (Å²) in [6.07, 6.45) is 8.98. The highest BCUT2D eigenvalue weighted by atomic mass is 127. The van der Waals surface area contributed by atoms with E-state index in [4.69, 9.17) is 0 Å². The van der Waals surface area contributed by atoms with Crippen molar-refractivity contribution in [3.8, 4) is 0 Å². The summed E-state index contributed by atoms with van der Waals surface area (Å²) in [4.78, 5) is 0. The lowest BCUT2D eigenvalue weighted by Crippen LogP contribution is -3.00. The molecule has 12 heavy (non-hydrogen) atoms. The van der Waals surface area contributed by atoms with E-state index >= 15 is 0 Å². The monoisotopic (exact) mass is 281 g/mol. The fourth-order valence-corrected chi connectivity index (χ4v) is 2.95. The zero-order chi connectivity index (χ0) is 7.73. The fourth-order valence-electron chi connectivity index (χ4n) is 2.95. The van der Waals surface area contributed by atoms with Gasteiger partial charge in [-0.15, -0.1) is 0 Å². The van der Waals surface area contributed by atoms with Gasteiger partial charge in [0.05, 0.1) is 26.2 Å². The molecule has 1 aliphatic carbocycles. The summed E-state index contributed by atoms with van der Waals surface area (Å²) in [7, 11) is 2.48. The van der Waals surface area contributed by atoms with Crippen LogP contribution in [-0.4, -0.2) is 30.7 Å². The van der Waals surface area contributed by atoms with Gasteiger partial charge < -0.3 is 28.5 Å². The van der Waals surface area contributed by atoms with Crippen LogP contribution in [0.5, 0.6) is 0 Å². The number of halogens is 1. The summed E-state index contributed by atoms with van der Waals surface area (Å²) in [5.41, 5.74) is 0. The van der Waals surface area contributed by atoms with Gasteiger partial charge in [0.2, 0.25) is 0 Å². The van der Waals surface area contributed by atoms with Crippen LogP contribution in [0.3, 0.4) is 0 Å². The Balaban J connectivity index is 0.000000720. The lowest BCUT2D eigenvalue weighted by molar-refractivity contribution is -0.921. The molecule has 0 atom stereocenters. The third kappa shape index (κ3) is 1.95. The van der Waals surface area contributed by atoms with Crippen LogP contribution < -0.4 is 24.0 Å². The maximum absolute atomic E-state index is 2.48. The number of likely N-dealkylation sites (tertiary alicyclic amines) is 1. The zero-order valence-electron chi connectivity index (χ0n) is 8.06. The van der Waals surface area contributed by atoms with Crippen LogP contribution in [0.15, 0.2) is 0 Å². The molecule has 72 valence electrons. The summed E-state index contributed by atoms with van der Waals surface area (Å²) in [6.45, 7) is 2.93. The third-order valence-corrected chi connectivity index (χ3v) is 3.79. The highest BCUT2D eigenvalue weighted by Crippen LogP contribution is 2.31. The van der Waals surface area contributed by atoms with Crippen LogP contribution in [0.25, 0.3) is 0 Å².